The third-order valence-electron chi connectivity index (χ3n) is 5.53. The standard InChI is InChI=1S/C28H22N2O4/c1-32-23-14-11-18(17-25(23)33-2)12-16-26(31)29-22-10-6-5-9-21(22)28-30-27-20-8-4-3-7-19(20)13-15-24(27)34-28/h3-17H,1-2H3,(H,29,31). The highest BCUT2D eigenvalue weighted by molar-refractivity contribution is 6.06. The van der Waals surface area contributed by atoms with Gasteiger partial charge < -0.3 is 19.2 Å². The molecule has 0 bridgehead atoms. The molecule has 0 atom stereocenters. The van der Waals surface area contributed by atoms with E-state index in [0.717, 1.165) is 21.9 Å². The number of carbonyl (C=O) groups excluding carboxylic acids is 1. The Labute approximate surface area is 196 Å². The normalized spacial score (nSPS) is 11.2. The average Bonchev–Trinajstić information content (AvgIpc) is 3.32. The van der Waals surface area contributed by atoms with E-state index in [4.69, 9.17) is 18.9 Å². The Bertz CT molecular complexity index is 1530. The molecule has 0 unspecified atom stereocenters. The van der Waals surface area contributed by atoms with Gasteiger partial charge in [-0.05, 0) is 47.4 Å². The molecule has 4 aromatic carbocycles. The van der Waals surface area contributed by atoms with E-state index in [2.05, 4.69) is 5.32 Å². The highest BCUT2D eigenvalue weighted by atomic mass is 16.5. The second-order valence-electron chi connectivity index (χ2n) is 7.64. The molecular formula is C28H22N2O4. The molecule has 1 N–H and O–H groups in total. The predicted octanol–water partition coefficient (Wildman–Crippen LogP) is 6.32. The number of anilines is 1. The Morgan fingerprint density at radius 2 is 1.71 bits per heavy atom. The quantitative estimate of drug-likeness (QED) is 0.307. The van der Waals surface area contributed by atoms with Crippen molar-refractivity contribution in [3.05, 3.63) is 90.5 Å². The molecule has 6 nitrogen and oxygen atoms in total. The first-order valence-corrected chi connectivity index (χ1v) is 10.7. The highest BCUT2D eigenvalue weighted by Crippen LogP contribution is 2.33. The fourth-order valence-corrected chi connectivity index (χ4v) is 3.86. The van der Waals surface area contributed by atoms with Crippen LogP contribution in [0.25, 0.3) is 39.4 Å². The maximum atomic E-state index is 12.7. The van der Waals surface area contributed by atoms with Crippen LogP contribution in [-0.4, -0.2) is 25.1 Å². The van der Waals surface area contributed by atoms with Crippen LogP contribution in [-0.2, 0) is 4.79 Å². The van der Waals surface area contributed by atoms with Crippen LogP contribution in [0.15, 0.2) is 89.4 Å². The van der Waals surface area contributed by atoms with Gasteiger partial charge in [0.15, 0.2) is 17.1 Å². The van der Waals surface area contributed by atoms with Crippen LogP contribution in [0, 0.1) is 0 Å². The number of carbonyl (C=O) groups is 1. The summed E-state index contributed by atoms with van der Waals surface area (Å²) in [6, 6.07) is 24.9. The summed E-state index contributed by atoms with van der Waals surface area (Å²) < 4.78 is 16.6. The van der Waals surface area contributed by atoms with Gasteiger partial charge in [0.25, 0.3) is 0 Å². The highest BCUT2D eigenvalue weighted by Gasteiger charge is 2.15. The summed E-state index contributed by atoms with van der Waals surface area (Å²) in [5, 5.41) is 5.05. The lowest BCUT2D eigenvalue weighted by molar-refractivity contribution is -0.111. The third kappa shape index (κ3) is 4.09. The Kier molecular flexibility index (Phi) is 5.70. The van der Waals surface area contributed by atoms with Crippen molar-refractivity contribution >= 4 is 39.5 Å². The molecule has 0 saturated heterocycles. The number of oxazole rings is 1. The monoisotopic (exact) mass is 450 g/mol. The van der Waals surface area contributed by atoms with Crippen LogP contribution in [0.5, 0.6) is 11.5 Å². The molecule has 5 aromatic rings. The number of benzene rings is 4. The molecule has 1 amide bonds. The fourth-order valence-electron chi connectivity index (χ4n) is 3.86. The summed E-state index contributed by atoms with van der Waals surface area (Å²) >= 11 is 0. The minimum Gasteiger partial charge on any atom is -0.493 e. The molecule has 0 fully saturated rings. The maximum absolute atomic E-state index is 12.7. The Morgan fingerprint density at radius 3 is 2.56 bits per heavy atom. The van der Waals surface area contributed by atoms with Crippen LogP contribution < -0.4 is 14.8 Å². The summed E-state index contributed by atoms with van der Waals surface area (Å²) in [6.45, 7) is 0. The number of nitrogens with one attached hydrogen (secondary N) is 1. The zero-order valence-electron chi connectivity index (χ0n) is 18.7. The van der Waals surface area contributed by atoms with Crippen molar-refractivity contribution < 1.29 is 18.7 Å². The van der Waals surface area contributed by atoms with Gasteiger partial charge in [0.1, 0.15) is 5.52 Å². The van der Waals surface area contributed by atoms with E-state index in [0.29, 0.717) is 34.2 Å². The van der Waals surface area contributed by atoms with E-state index in [1.54, 1.807) is 32.4 Å². The van der Waals surface area contributed by atoms with Crippen LogP contribution in [0.3, 0.4) is 0 Å². The van der Waals surface area contributed by atoms with Gasteiger partial charge >= 0.3 is 0 Å². The van der Waals surface area contributed by atoms with Gasteiger partial charge in [-0.15, -0.1) is 0 Å². The van der Waals surface area contributed by atoms with Gasteiger partial charge in [-0.2, -0.15) is 0 Å². The Hall–Kier alpha value is -4.58. The first kappa shape index (κ1) is 21.3. The largest absolute Gasteiger partial charge is 0.493 e. The van der Waals surface area contributed by atoms with Gasteiger partial charge in [-0.3, -0.25) is 4.79 Å². The molecule has 0 aliphatic heterocycles. The number of ether oxygens (including phenoxy) is 2. The molecule has 0 aliphatic rings. The predicted molar refractivity (Wildman–Crippen MR) is 134 cm³/mol. The van der Waals surface area contributed by atoms with E-state index in [9.17, 15) is 4.79 Å². The SMILES string of the molecule is COc1ccc(C=CC(=O)Nc2ccccc2-c2nc3c(ccc4ccccc43)o2)cc1OC. The molecular weight excluding hydrogens is 428 g/mol. The summed E-state index contributed by atoms with van der Waals surface area (Å²) in [7, 11) is 3.15. The van der Waals surface area contributed by atoms with Crippen molar-refractivity contribution in [1.29, 1.82) is 0 Å². The Morgan fingerprint density at radius 1 is 0.912 bits per heavy atom. The number of amides is 1. The van der Waals surface area contributed by atoms with E-state index < -0.39 is 0 Å². The average molecular weight is 450 g/mol. The molecule has 0 spiro atoms. The lowest BCUT2D eigenvalue weighted by Crippen LogP contribution is -2.08. The number of nitrogens with zero attached hydrogens (tertiary/aromatic N) is 1. The van der Waals surface area contributed by atoms with Crippen LogP contribution >= 0.6 is 0 Å². The number of fused-ring (bicyclic) bond motifs is 3. The molecule has 1 aromatic heterocycles. The molecule has 0 aliphatic carbocycles. The number of hydrogen-bond acceptors (Lipinski definition) is 5. The smallest absolute Gasteiger partial charge is 0.248 e. The fraction of sp³-hybridized carbons (Fsp3) is 0.0714. The molecule has 168 valence electrons. The molecule has 5 rings (SSSR count). The lowest BCUT2D eigenvalue weighted by atomic mass is 10.1. The van der Waals surface area contributed by atoms with Gasteiger partial charge in [0.2, 0.25) is 11.8 Å². The number of methoxy groups -OCH3 is 2. The second kappa shape index (κ2) is 9.11. The zero-order valence-corrected chi connectivity index (χ0v) is 18.7. The number of para-hydroxylation sites is 1. The van der Waals surface area contributed by atoms with Crippen molar-refractivity contribution in [2.75, 3.05) is 19.5 Å². The Balaban J connectivity index is 1.42. The molecule has 6 heteroatoms. The lowest BCUT2D eigenvalue weighted by Gasteiger charge is -2.08. The van der Waals surface area contributed by atoms with E-state index in [1.165, 1.54) is 6.08 Å². The first-order valence-electron chi connectivity index (χ1n) is 10.7. The molecule has 34 heavy (non-hydrogen) atoms. The van der Waals surface area contributed by atoms with Crippen LogP contribution in [0.2, 0.25) is 0 Å². The maximum Gasteiger partial charge on any atom is 0.248 e. The topological polar surface area (TPSA) is 73.6 Å². The van der Waals surface area contributed by atoms with Crippen molar-refractivity contribution in [2.24, 2.45) is 0 Å². The van der Waals surface area contributed by atoms with Crippen molar-refractivity contribution in [1.82, 2.24) is 4.98 Å². The molecule has 0 radical (unpaired) electrons. The van der Waals surface area contributed by atoms with Gasteiger partial charge in [-0.1, -0.05) is 48.5 Å². The third-order valence-corrected chi connectivity index (χ3v) is 5.53. The molecule has 0 saturated carbocycles. The van der Waals surface area contributed by atoms with Crippen molar-refractivity contribution in [2.45, 2.75) is 0 Å². The van der Waals surface area contributed by atoms with Crippen LogP contribution in [0.1, 0.15) is 5.56 Å². The number of aromatic nitrogens is 1. The summed E-state index contributed by atoms with van der Waals surface area (Å²) in [6.07, 6.45) is 3.18. The summed E-state index contributed by atoms with van der Waals surface area (Å²) in [4.78, 5) is 17.4. The van der Waals surface area contributed by atoms with Crippen LogP contribution in [0.4, 0.5) is 5.69 Å². The number of rotatable bonds is 6. The minimum atomic E-state index is -0.274. The van der Waals surface area contributed by atoms with Gasteiger partial charge in [0.05, 0.1) is 25.5 Å². The van der Waals surface area contributed by atoms with Gasteiger partial charge in [-0.25, -0.2) is 4.98 Å². The van der Waals surface area contributed by atoms with E-state index in [1.807, 2.05) is 66.7 Å². The van der Waals surface area contributed by atoms with Crippen molar-refractivity contribution in [3.8, 4) is 23.0 Å². The summed E-state index contributed by atoms with van der Waals surface area (Å²) in [5.41, 5.74) is 3.62. The van der Waals surface area contributed by atoms with Crippen molar-refractivity contribution in [3.63, 3.8) is 0 Å². The molecule has 1 heterocycles. The van der Waals surface area contributed by atoms with Gasteiger partial charge in [0, 0.05) is 11.5 Å². The number of hydrogen-bond donors (Lipinski definition) is 1. The first-order chi connectivity index (χ1) is 16.7. The second-order valence-corrected chi connectivity index (χ2v) is 7.64. The minimum absolute atomic E-state index is 0.274. The zero-order chi connectivity index (χ0) is 23.5. The van der Waals surface area contributed by atoms with E-state index in [-0.39, 0.29) is 5.91 Å². The summed E-state index contributed by atoms with van der Waals surface area (Å²) in [5.74, 6) is 1.40. The van der Waals surface area contributed by atoms with E-state index >= 15 is 0 Å².